The van der Waals surface area contributed by atoms with Gasteiger partial charge in [0.2, 0.25) is 0 Å². The number of rotatable bonds is 2. The minimum absolute atomic E-state index is 0.393. The van der Waals surface area contributed by atoms with Gasteiger partial charge in [0, 0.05) is 0 Å². The van der Waals surface area contributed by atoms with E-state index in [0.29, 0.717) is 0 Å². The summed E-state index contributed by atoms with van der Waals surface area (Å²) in [6.45, 7) is 0. The maximum absolute atomic E-state index is 9.81. The Balaban J connectivity index is 2.58. The average Bonchev–Trinajstić information content (AvgIpc) is 2.15. The van der Waals surface area contributed by atoms with Crippen molar-refractivity contribution in [1.82, 2.24) is 19.1 Å². The van der Waals surface area contributed by atoms with Crippen molar-refractivity contribution in [3.05, 3.63) is 16.4 Å². The molecule has 7 nitrogen and oxygen atoms in total. The molecule has 0 spiro atoms. The fourth-order valence-electron chi connectivity index (χ4n) is 0.291. The van der Waals surface area contributed by atoms with Gasteiger partial charge in [-0.25, -0.2) is 0 Å². The van der Waals surface area contributed by atoms with Gasteiger partial charge in [0.05, 0.1) is 0 Å². The first-order chi connectivity index (χ1) is 4.29. The summed E-state index contributed by atoms with van der Waals surface area (Å²) in [6, 6.07) is 0. The molecule has 1 heterocycles. The third-order valence-corrected chi connectivity index (χ3v) is 1.74. The molecule has 0 N–H and O–H groups in total. The van der Waals surface area contributed by atoms with E-state index in [4.69, 9.17) is 0 Å². The number of hydrogen-bond acceptors (Lipinski definition) is 5. The molecule has 0 amide bonds. The summed E-state index contributed by atoms with van der Waals surface area (Å²) in [7, 11) is 0. The normalized spacial score (nSPS) is 10.7. The summed E-state index contributed by atoms with van der Waals surface area (Å²) in [5.41, 5.74) is 0. The number of tetrazole rings is 1. The maximum atomic E-state index is 9.81. The molecule has 0 fully saturated rings. The Morgan fingerprint density at radius 3 is 3.00 bits per heavy atom. The molecule has 1 aromatic rings. The van der Waals surface area contributed by atoms with Crippen LogP contribution in [0.25, 0.3) is 0 Å². The van der Waals surface area contributed by atoms with Crippen LogP contribution >= 0.6 is 0 Å². The van der Waals surface area contributed by atoms with Crippen LogP contribution in [0.3, 0.4) is 0 Å². The van der Waals surface area contributed by atoms with Crippen molar-refractivity contribution in [2.24, 2.45) is 0 Å². The third kappa shape index (κ3) is 1.77. The van der Waals surface area contributed by atoms with Gasteiger partial charge in [-0.2, -0.15) is 0 Å². The van der Waals surface area contributed by atoms with Gasteiger partial charge in [-0.05, 0) is 0 Å². The Morgan fingerprint density at radius 2 is 2.56 bits per heavy atom. The topological polar surface area (TPSA) is 86.7 Å². The van der Waals surface area contributed by atoms with E-state index in [9.17, 15) is 10.1 Å². The Hall–Kier alpha value is -0.972. The minimum atomic E-state index is -1.42. The fourth-order valence-corrected chi connectivity index (χ4v) is 1.03. The molecular weight excluding hydrogens is 189 g/mol. The van der Waals surface area contributed by atoms with Crippen LogP contribution in [0.4, 0.5) is 0 Å². The van der Waals surface area contributed by atoms with E-state index in [1.165, 1.54) is 6.33 Å². The molecule has 0 aliphatic heterocycles. The molecule has 1 aromatic heterocycles. The Bertz CT molecular complexity index is 195. The quantitative estimate of drug-likeness (QED) is 0.308. The van der Waals surface area contributed by atoms with Crippen LogP contribution in [0.2, 0.25) is 0 Å². The Kier molecular flexibility index (Phi) is 1.74. The van der Waals surface area contributed by atoms with Crippen LogP contribution in [0.15, 0.2) is 6.33 Å². The monoisotopic (exact) mass is 191 g/mol. The molecule has 0 aliphatic rings. The summed E-state index contributed by atoms with van der Waals surface area (Å²) in [5.74, 6) is 0. The second-order valence-electron chi connectivity index (χ2n) is 1.11. The van der Waals surface area contributed by atoms with Gasteiger partial charge >= 0.3 is 55.6 Å². The number of nitrogens with zero attached hydrogens (tertiary/aromatic N) is 5. The summed E-state index contributed by atoms with van der Waals surface area (Å²) in [5, 5.41) is 19.6. The molecule has 48 valence electrons. The molecule has 0 bridgehead atoms. The predicted molar refractivity (Wildman–Crippen MR) is 27.4 cm³/mol. The van der Waals surface area contributed by atoms with Gasteiger partial charge in [0.25, 0.3) is 0 Å². The number of nitro groups is 1. The summed E-state index contributed by atoms with van der Waals surface area (Å²) >= 11 is -1.42. The summed E-state index contributed by atoms with van der Waals surface area (Å²) < 4.78 is 0.760. The second-order valence-corrected chi connectivity index (χ2v) is 3.26. The van der Waals surface area contributed by atoms with Crippen LogP contribution in [0, 0.1) is 10.1 Å². The van der Waals surface area contributed by atoms with E-state index in [-0.39, 0.29) is 0 Å². The van der Waals surface area contributed by atoms with Crippen molar-refractivity contribution in [3.8, 4) is 0 Å². The third-order valence-electron chi connectivity index (χ3n) is 0.533. The molecule has 9 heavy (non-hydrogen) atoms. The first-order valence-electron chi connectivity index (χ1n) is 1.93. The molecule has 1 rings (SSSR count). The van der Waals surface area contributed by atoms with Gasteiger partial charge in [-0.15, -0.1) is 0 Å². The zero-order chi connectivity index (χ0) is 6.69. The van der Waals surface area contributed by atoms with Crippen LogP contribution in [-0.4, -0.2) is 39.2 Å². The Morgan fingerprint density at radius 1 is 1.78 bits per heavy atom. The fraction of sp³-hybridized carbons (Fsp3) is 0. The Labute approximate surface area is 56.3 Å². The van der Waals surface area contributed by atoms with Gasteiger partial charge in [-0.3, -0.25) is 0 Å². The molecule has 0 saturated heterocycles. The van der Waals surface area contributed by atoms with Gasteiger partial charge < -0.3 is 0 Å². The van der Waals surface area contributed by atoms with E-state index >= 15 is 0 Å². The molecular formula is CH2AsN5O2. The van der Waals surface area contributed by atoms with Gasteiger partial charge in [-0.1, -0.05) is 0 Å². The van der Waals surface area contributed by atoms with E-state index in [1.54, 1.807) is 0 Å². The summed E-state index contributed by atoms with van der Waals surface area (Å²) in [4.78, 5) is 9.81. The second kappa shape index (κ2) is 2.54. The standard InChI is InChI=1S/CH2AsN5O2/c8-7(9)2-6-1-3-4-5-6/h1-2H. The van der Waals surface area contributed by atoms with Crippen molar-refractivity contribution in [2.75, 3.05) is 0 Å². The van der Waals surface area contributed by atoms with Crippen LogP contribution in [0.1, 0.15) is 0 Å². The first kappa shape index (κ1) is 6.15. The molecule has 1 atom stereocenters. The van der Waals surface area contributed by atoms with Gasteiger partial charge in [0.1, 0.15) is 0 Å². The zero-order valence-corrected chi connectivity index (χ0v) is 6.23. The SMILES string of the molecule is O=[N+]([O-])[AsH]n1cnnn1. The summed E-state index contributed by atoms with van der Waals surface area (Å²) in [6.07, 6.45) is 1.24. The van der Waals surface area contributed by atoms with Crippen LogP contribution in [-0.2, 0) is 0 Å². The van der Waals surface area contributed by atoms with E-state index in [1.807, 2.05) is 0 Å². The van der Waals surface area contributed by atoms with E-state index < -0.39 is 20.0 Å². The van der Waals surface area contributed by atoms with Crippen molar-refractivity contribution in [2.45, 2.75) is 0 Å². The molecule has 0 radical (unpaired) electrons. The zero-order valence-electron chi connectivity index (χ0n) is 4.13. The number of aromatic nitrogens is 4. The predicted octanol–water partition coefficient (Wildman–Crippen LogP) is -1.94. The van der Waals surface area contributed by atoms with E-state index in [0.717, 1.165) is 3.60 Å². The van der Waals surface area contributed by atoms with E-state index in [2.05, 4.69) is 15.5 Å². The van der Waals surface area contributed by atoms with Crippen molar-refractivity contribution < 1.29 is 3.84 Å². The van der Waals surface area contributed by atoms with Gasteiger partial charge in [0.15, 0.2) is 0 Å². The van der Waals surface area contributed by atoms with Crippen LogP contribution < -0.4 is 0 Å². The molecule has 8 heteroatoms. The average molecular weight is 191 g/mol. The molecule has 0 saturated carbocycles. The molecule has 1 unspecified atom stereocenters. The van der Waals surface area contributed by atoms with Crippen molar-refractivity contribution >= 4 is 16.2 Å². The van der Waals surface area contributed by atoms with Crippen LogP contribution in [0.5, 0.6) is 0 Å². The van der Waals surface area contributed by atoms with Crippen molar-refractivity contribution in [1.29, 1.82) is 0 Å². The molecule has 0 aromatic carbocycles. The number of hydrogen-bond donors (Lipinski definition) is 0. The van der Waals surface area contributed by atoms with Crippen molar-refractivity contribution in [3.63, 3.8) is 0 Å². The molecule has 0 aliphatic carbocycles. The first-order valence-corrected chi connectivity index (χ1v) is 3.81.